The number of hydrogen-bond donors (Lipinski definition) is 3. The highest BCUT2D eigenvalue weighted by atomic mass is 35.5. The molecule has 2 aliphatic rings. The number of hydrazine groups is 1. The first-order valence-electron chi connectivity index (χ1n) is 7.88. The Balaban J connectivity index is 1.45. The number of nitrogens with zero attached hydrogens (tertiary/aromatic N) is 1. The molecular weight excluding hydrogens is 300 g/mol. The zero-order valence-corrected chi connectivity index (χ0v) is 13.6. The smallest absolute Gasteiger partial charge is 0.238 e. The van der Waals surface area contributed by atoms with Gasteiger partial charge in [-0.2, -0.15) is 0 Å². The summed E-state index contributed by atoms with van der Waals surface area (Å²) in [6.45, 7) is 1.60. The standard InChI is InChI=1S/C16H23ClN4O/c1-21(11-6-7-11)9-8-18-16(22)15-10-14(19-20-15)12-4-2-3-5-13(12)17/h2-5,11,14-15,19-20H,6-10H2,1H3,(H,18,22). The summed E-state index contributed by atoms with van der Waals surface area (Å²) in [4.78, 5) is 14.5. The SMILES string of the molecule is CN(CCNC(=O)C1CC(c2ccccc2Cl)NN1)C1CC1. The van der Waals surface area contributed by atoms with Gasteiger partial charge in [0.2, 0.25) is 5.91 Å². The molecule has 1 aliphatic carbocycles. The highest BCUT2D eigenvalue weighted by molar-refractivity contribution is 6.31. The molecule has 3 N–H and O–H groups in total. The Labute approximate surface area is 136 Å². The molecule has 1 saturated carbocycles. The summed E-state index contributed by atoms with van der Waals surface area (Å²) in [6, 6.07) is 8.32. The number of rotatable bonds is 6. The molecule has 1 aliphatic heterocycles. The third kappa shape index (κ3) is 3.79. The second-order valence-electron chi connectivity index (χ2n) is 6.15. The van der Waals surface area contributed by atoms with Gasteiger partial charge < -0.3 is 10.2 Å². The van der Waals surface area contributed by atoms with E-state index >= 15 is 0 Å². The number of carbonyl (C=O) groups is 1. The van der Waals surface area contributed by atoms with Crippen LogP contribution in [-0.4, -0.2) is 43.0 Å². The third-order valence-corrected chi connectivity index (χ3v) is 4.78. The molecule has 0 bridgehead atoms. The van der Waals surface area contributed by atoms with Crippen molar-refractivity contribution in [2.75, 3.05) is 20.1 Å². The van der Waals surface area contributed by atoms with Crippen LogP contribution in [0.1, 0.15) is 30.9 Å². The lowest BCUT2D eigenvalue weighted by Gasteiger charge is -2.17. The van der Waals surface area contributed by atoms with E-state index in [1.54, 1.807) is 0 Å². The Morgan fingerprint density at radius 1 is 1.36 bits per heavy atom. The van der Waals surface area contributed by atoms with Crippen LogP contribution < -0.4 is 16.2 Å². The topological polar surface area (TPSA) is 56.4 Å². The van der Waals surface area contributed by atoms with Crippen molar-refractivity contribution in [2.24, 2.45) is 0 Å². The summed E-state index contributed by atoms with van der Waals surface area (Å²) in [5.74, 6) is 0.0475. The Kier molecular flexibility index (Phi) is 4.98. The summed E-state index contributed by atoms with van der Waals surface area (Å²) >= 11 is 6.21. The van der Waals surface area contributed by atoms with E-state index in [1.807, 2.05) is 24.3 Å². The third-order valence-electron chi connectivity index (χ3n) is 4.43. The highest BCUT2D eigenvalue weighted by Crippen LogP contribution is 2.28. The van der Waals surface area contributed by atoms with Crippen LogP contribution in [0.25, 0.3) is 0 Å². The lowest BCUT2D eigenvalue weighted by Crippen LogP contribution is -2.45. The van der Waals surface area contributed by atoms with Gasteiger partial charge in [0, 0.05) is 30.2 Å². The lowest BCUT2D eigenvalue weighted by atomic mass is 10.0. The van der Waals surface area contributed by atoms with Crippen LogP contribution in [-0.2, 0) is 4.79 Å². The number of halogens is 1. The van der Waals surface area contributed by atoms with Gasteiger partial charge in [-0.05, 0) is 37.9 Å². The first-order chi connectivity index (χ1) is 10.6. The number of benzene rings is 1. The van der Waals surface area contributed by atoms with Gasteiger partial charge in [0.15, 0.2) is 0 Å². The van der Waals surface area contributed by atoms with Crippen LogP contribution in [0.15, 0.2) is 24.3 Å². The van der Waals surface area contributed by atoms with E-state index in [2.05, 4.69) is 28.1 Å². The minimum Gasteiger partial charge on any atom is -0.353 e. The maximum atomic E-state index is 12.2. The molecule has 1 aromatic carbocycles. The normalized spacial score (nSPS) is 24.7. The number of carbonyl (C=O) groups excluding carboxylic acids is 1. The van der Waals surface area contributed by atoms with Gasteiger partial charge >= 0.3 is 0 Å². The molecule has 1 saturated heterocycles. The van der Waals surface area contributed by atoms with Crippen LogP contribution in [0.2, 0.25) is 5.02 Å². The number of hydrogen-bond acceptors (Lipinski definition) is 4. The quantitative estimate of drug-likeness (QED) is 0.742. The van der Waals surface area contributed by atoms with E-state index in [9.17, 15) is 4.79 Å². The molecule has 1 amide bonds. The first-order valence-corrected chi connectivity index (χ1v) is 8.26. The first kappa shape index (κ1) is 15.7. The van der Waals surface area contributed by atoms with E-state index < -0.39 is 0 Å². The van der Waals surface area contributed by atoms with Crippen molar-refractivity contribution < 1.29 is 4.79 Å². The summed E-state index contributed by atoms with van der Waals surface area (Å²) in [6.07, 6.45) is 3.28. The van der Waals surface area contributed by atoms with Crippen molar-refractivity contribution in [2.45, 2.75) is 37.4 Å². The minimum absolute atomic E-state index is 0.0475. The van der Waals surface area contributed by atoms with Gasteiger partial charge in [-0.1, -0.05) is 29.8 Å². The molecule has 2 fully saturated rings. The van der Waals surface area contributed by atoms with Gasteiger partial charge in [-0.25, -0.2) is 10.9 Å². The molecular formula is C16H23ClN4O. The molecule has 2 atom stereocenters. The number of likely N-dealkylation sites (N-methyl/N-ethyl adjacent to an activating group) is 1. The summed E-state index contributed by atoms with van der Waals surface area (Å²) in [5.41, 5.74) is 7.27. The zero-order chi connectivity index (χ0) is 15.5. The Morgan fingerprint density at radius 3 is 2.86 bits per heavy atom. The van der Waals surface area contributed by atoms with Crippen LogP contribution in [0.3, 0.4) is 0 Å². The van der Waals surface area contributed by atoms with Crippen molar-refractivity contribution in [3.05, 3.63) is 34.9 Å². The fraction of sp³-hybridized carbons (Fsp3) is 0.562. The second-order valence-corrected chi connectivity index (χ2v) is 6.56. The van der Waals surface area contributed by atoms with Crippen molar-refractivity contribution >= 4 is 17.5 Å². The molecule has 0 spiro atoms. The molecule has 120 valence electrons. The van der Waals surface area contributed by atoms with Crippen molar-refractivity contribution in [3.8, 4) is 0 Å². The molecule has 6 heteroatoms. The summed E-state index contributed by atoms with van der Waals surface area (Å²) in [7, 11) is 2.12. The van der Waals surface area contributed by atoms with Crippen molar-refractivity contribution in [1.82, 2.24) is 21.1 Å². The van der Waals surface area contributed by atoms with Gasteiger partial charge in [-0.15, -0.1) is 0 Å². The van der Waals surface area contributed by atoms with Gasteiger partial charge in [0.1, 0.15) is 6.04 Å². The van der Waals surface area contributed by atoms with Crippen LogP contribution in [0.5, 0.6) is 0 Å². The molecule has 2 unspecified atom stereocenters. The zero-order valence-electron chi connectivity index (χ0n) is 12.8. The Morgan fingerprint density at radius 2 is 2.14 bits per heavy atom. The van der Waals surface area contributed by atoms with Crippen LogP contribution in [0, 0.1) is 0 Å². The molecule has 1 heterocycles. The highest BCUT2D eigenvalue weighted by Gasteiger charge is 2.31. The summed E-state index contributed by atoms with van der Waals surface area (Å²) < 4.78 is 0. The predicted molar refractivity (Wildman–Crippen MR) is 87.5 cm³/mol. The van der Waals surface area contributed by atoms with Crippen LogP contribution in [0.4, 0.5) is 0 Å². The Hall–Kier alpha value is -1.14. The average molecular weight is 323 g/mol. The summed E-state index contributed by atoms with van der Waals surface area (Å²) in [5, 5.41) is 3.74. The fourth-order valence-electron chi connectivity index (χ4n) is 2.87. The van der Waals surface area contributed by atoms with Crippen molar-refractivity contribution in [1.29, 1.82) is 0 Å². The van der Waals surface area contributed by atoms with E-state index in [-0.39, 0.29) is 18.0 Å². The number of amides is 1. The molecule has 22 heavy (non-hydrogen) atoms. The monoisotopic (exact) mass is 322 g/mol. The number of nitrogens with one attached hydrogen (secondary N) is 3. The van der Waals surface area contributed by atoms with E-state index in [1.165, 1.54) is 12.8 Å². The molecule has 0 aromatic heterocycles. The second kappa shape index (κ2) is 6.96. The van der Waals surface area contributed by atoms with Gasteiger partial charge in [0.25, 0.3) is 0 Å². The van der Waals surface area contributed by atoms with E-state index in [0.29, 0.717) is 13.0 Å². The largest absolute Gasteiger partial charge is 0.353 e. The average Bonchev–Trinajstić information content (AvgIpc) is 3.25. The van der Waals surface area contributed by atoms with Gasteiger partial charge in [-0.3, -0.25) is 4.79 Å². The van der Waals surface area contributed by atoms with Crippen molar-refractivity contribution in [3.63, 3.8) is 0 Å². The molecule has 0 radical (unpaired) electrons. The minimum atomic E-state index is -0.215. The Bertz CT molecular complexity index is 535. The predicted octanol–water partition coefficient (Wildman–Crippen LogP) is 1.46. The van der Waals surface area contributed by atoms with Gasteiger partial charge in [0.05, 0.1) is 0 Å². The fourth-order valence-corrected chi connectivity index (χ4v) is 3.13. The molecule has 1 aromatic rings. The van der Waals surface area contributed by atoms with E-state index in [4.69, 9.17) is 11.6 Å². The molecule has 3 rings (SSSR count). The lowest BCUT2D eigenvalue weighted by molar-refractivity contribution is -0.122. The maximum absolute atomic E-state index is 12.2. The van der Waals surface area contributed by atoms with E-state index in [0.717, 1.165) is 23.2 Å². The van der Waals surface area contributed by atoms with Crippen LogP contribution >= 0.6 is 11.6 Å². The maximum Gasteiger partial charge on any atom is 0.238 e. The molecule has 5 nitrogen and oxygen atoms in total.